The van der Waals surface area contributed by atoms with E-state index < -0.39 is 29.5 Å². The number of hydrogen-bond acceptors (Lipinski definition) is 5. The van der Waals surface area contributed by atoms with Gasteiger partial charge in [0.25, 0.3) is 0 Å². The number of Topliss-reactive ketones (excluding diaryl/α,β-unsaturated/α-hetero) is 1. The van der Waals surface area contributed by atoms with Crippen LogP contribution in [0.5, 0.6) is 0 Å². The maximum atomic E-state index is 12.4. The van der Waals surface area contributed by atoms with E-state index in [1.807, 2.05) is 13.0 Å². The molecule has 0 aromatic carbocycles. The van der Waals surface area contributed by atoms with Crippen molar-refractivity contribution in [2.75, 3.05) is 6.61 Å². The fourth-order valence-corrected chi connectivity index (χ4v) is 7.34. The van der Waals surface area contributed by atoms with Gasteiger partial charge < -0.3 is 15.3 Å². The van der Waals surface area contributed by atoms with Crippen molar-refractivity contribution in [2.24, 2.45) is 34.5 Å². The van der Waals surface area contributed by atoms with Crippen molar-refractivity contribution in [1.29, 1.82) is 0 Å². The highest BCUT2D eigenvalue weighted by atomic mass is 16.3. The van der Waals surface area contributed by atoms with Crippen LogP contribution in [0, 0.1) is 34.5 Å². The van der Waals surface area contributed by atoms with Crippen LogP contribution in [0.3, 0.4) is 0 Å². The second-order valence-electron chi connectivity index (χ2n) is 9.72. The van der Waals surface area contributed by atoms with Crippen LogP contribution in [0.25, 0.3) is 0 Å². The minimum atomic E-state index is -1.57. The minimum absolute atomic E-state index is 0.00620. The molecule has 5 nitrogen and oxygen atoms in total. The van der Waals surface area contributed by atoms with Gasteiger partial charge in [0.2, 0.25) is 0 Å². The Morgan fingerprint density at radius 1 is 1.33 bits per heavy atom. The van der Waals surface area contributed by atoms with Crippen molar-refractivity contribution in [2.45, 2.75) is 58.2 Å². The molecule has 0 aliphatic heterocycles. The Bertz CT molecular complexity index is 754. The van der Waals surface area contributed by atoms with Gasteiger partial charge in [-0.05, 0) is 55.6 Å². The molecule has 5 unspecified atom stereocenters. The molecule has 3 saturated carbocycles. The molecular weight excluding hydrogens is 344 g/mol. The Kier molecular flexibility index (Phi) is 4.12. The molecule has 5 heteroatoms. The molecule has 4 rings (SSSR count). The lowest BCUT2D eigenvalue weighted by Gasteiger charge is -2.60. The number of allylic oxidation sites excluding steroid dienone is 4. The molecule has 148 valence electrons. The molecule has 0 aromatic rings. The van der Waals surface area contributed by atoms with E-state index in [1.165, 1.54) is 0 Å². The minimum Gasteiger partial charge on any atom is -0.393 e. The summed E-state index contributed by atoms with van der Waals surface area (Å²) in [5.74, 6) is -0.0768. The molecule has 8 atom stereocenters. The van der Waals surface area contributed by atoms with E-state index in [0.29, 0.717) is 12.8 Å². The van der Waals surface area contributed by atoms with E-state index in [9.17, 15) is 24.9 Å². The molecule has 27 heavy (non-hydrogen) atoms. The molecule has 3 fully saturated rings. The number of carbonyl (C=O) groups excluding carboxylic acids is 2. The molecule has 0 saturated heterocycles. The zero-order valence-corrected chi connectivity index (χ0v) is 16.3. The Hall–Kier alpha value is -1.30. The SMILES string of the molecule is CC1CC2C(C(O)C[C@]3(C)C2CC[C@]3(O)C(=O)CO)[C@]2(C)C=CC(=O)C=C12. The molecule has 3 N–H and O–H groups in total. The van der Waals surface area contributed by atoms with Gasteiger partial charge in [-0.1, -0.05) is 32.4 Å². The number of aliphatic hydroxyl groups is 3. The van der Waals surface area contributed by atoms with Crippen LogP contribution in [0.1, 0.15) is 46.5 Å². The van der Waals surface area contributed by atoms with Crippen molar-refractivity contribution in [1.82, 2.24) is 0 Å². The predicted molar refractivity (Wildman–Crippen MR) is 99.6 cm³/mol. The number of hydrogen-bond donors (Lipinski definition) is 3. The van der Waals surface area contributed by atoms with Crippen LogP contribution < -0.4 is 0 Å². The number of ketones is 2. The van der Waals surface area contributed by atoms with Crippen LogP contribution >= 0.6 is 0 Å². The second kappa shape index (κ2) is 5.85. The number of rotatable bonds is 2. The smallest absolute Gasteiger partial charge is 0.190 e. The standard InChI is InChI=1S/C22H30O5/c1-12-8-14-15-5-7-22(27,18(26)11-23)21(15,3)10-17(25)19(14)20(2)6-4-13(24)9-16(12)20/h4,6,9,12,14-15,17,19,23,25,27H,5,7-8,10-11H2,1-3H3/t12?,14?,15?,17?,19?,20-,21-,22+/m1/s1. The fourth-order valence-electron chi connectivity index (χ4n) is 7.34. The largest absolute Gasteiger partial charge is 0.393 e. The van der Waals surface area contributed by atoms with Gasteiger partial charge in [0, 0.05) is 16.7 Å². The van der Waals surface area contributed by atoms with Crippen molar-refractivity contribution in [3.05, 3.63) is 23.8 Å². The molecule has 4 aliphatic rings. The first-order chi connectivity index (χ1) is 12.6. The molecule has 0 radical (unpaired) electrons. The monoisotopic (exact) mass is 374 g/mol. The van der Waals surface area contributed by atoms with Crippen LogP contribution in [0.2, 0.25) is 0 Å². The number of carbonyl (C=O) groups is 2. The van der Waals surface area contributed by atoms with Crippen molar-refractivity contribution >= 4 is 11.6 Å². The lowest BCUT2D eigenvalue weighted by molar-refractivity contribution is -0.180. The van der Waals surface area contributed by atoms with E-state index in [2.05, 4.69) is 13.8 Å². The van der Waals surface area contributed by atoms with Gasteiger partial charge in [0.15, 0.2) is 11.6 Å². The summed E-state index contributed by atoms with van der Waals surface area (Å²) in [6.07, 6.45) is 6.87. The summed E-state index contributed by atoms with van der Waals surface area (Å²) in [6.45, 7) is 5.48. The maximum Gasteiger partial charge on any atom is 0.190 e. The van der Waals surface area contributed by atoms with Gasteiger partial charge in [-0.2, -0.15) is 0 Å². The van der Waals surface area contributed by atoms with Gasteiger partial charge >= 0.3 is 0 Å². The summed E-state index contributed by atoms with van der Waals surface area (Å²) in [6, 6.07) is 0. The zero-order chi connectivity index (χ0) is 19.8. The number of fused-ring (bicyclic) bond motifs is 5. The third-order valence-electron chi connectivity index (χ3n) is 8.57. The topological polar surface area (TPSA) is 94.8 Å². The van der Waals surface area contributed by atoms with Crippen molar-refractivity contribution in [3.8, 4) is 0 Å². The third-order valence-corrected chi connectivity index (χ3v) is 8.57. The summed E-state index contributed by atoms with van der Waals surface area (Å²) in [5, 5.41) is 31.9. The van der Waals surface area contributed by atoms with E-state index in [1.54, 1.807) is 12.2 Å². The summed E-state index contributed by atoms with van der Waals surface area (Å²) < 4.78 is 0. The molecule has 0 aromatic heterocycles. The van der Waals surface area contributed by atoms with E-state index in [0.717, 1.165) is 18.4 Å². The third kappa shape index (κ3) is 2.28. The Labute approximate surface area is 160 Å². The summed E-state index contributed by atoms with van der Waals surface area (Å²) >= 11 is 0. The zero-order valence-electron chi connectivity index (χ0n) is 16.3. The van der Waals surface area contributed by atoms with Gasteiger partial charge in [-0.15, -0.1) is 0 Å². The van der Waals surface area contributed by atoms with Crippen LogP contribution in [-0.2, 0) is 9.59 Å². The Balaban J connectivity index is 1.78. The van der Waals surface area contributed by atoms with E-state index >= 15 is 0 Å². The van der Waals surface area contributed by atoms with Gasteiger partial charge in [-0.25, -0.2) is 0 Å². The highest BCUT2D eigenvalue weighted by molar-refractivity contribution is 6.01. The van der Waals surface area contributed by atoms with Gasteiger partial charge in [-0.3, -0.25) is 9.59 Å². The Morgan fingerprint density at radius 3 is 2.70 bits per heavy atom. The van der Waals surface area contributed by atoms with Crippen LogP contribution in [-0.4, -0.2) is 45.2 Å². The first-order valence-electron chi connectivity index (χ1n) is 10.1. The highest BCUT2D eigenvalue weighted by Gasteiger charge is 2.68. The van der Waals surface area contributed by atoms with Crippen molar-refractivity contribution < 1.29 is 24.9 Å². The lowest BCUT2D eigenvalue weighted by Crippen LogP contribution is -2.62. The first kappa shape index (κ1) is 19.0. The summed E-state index contributed by atoms with van der Waals surface area (Å²) in [5.41, 5.74) is -1.59. The summed E-state index contributed by atoms with van der Waals surface area (Å²) in [7, 11) is 0. The van der Waals surface area contributed by atoms with E-state index in [-0.39, 0.29) is 34.9 Å². The molecule has 0 heterocycles. The Morgan fingerprint density at radius 2 is 2.04 bits per heavy atom. The average Bonchev–Trinajstić information content (AvgIpc) is 2.87. The van der Waals surface area contributed by atoms with Crippen LogP contribution in [0.15, 0.2) is 23.8 Å². The normalized spacial score (nSPS) is 51.3. The van der Waals surface area contributed by atoms with Gasteiger partial charge in [0.05, 0.1) is 6.10 Å². The average molecular weight is 374 g/mol. The van der Waals surface area contributed by atoms with Crippen LogP contribution in [0.4, 0.5) is 0 Å². The lowest BCUT2D eigenvalue weighted by atomic mass is 9.45. The highest BCUT2D eigenvalue weighted by Crippen LogP contribution is 2.67. The quantitative estimate of drug-likeness (QED) is 0.685. The van der Waals surface area contributed by atoms with E-state index in [4.69, 9.17) is 0 Å². The fraction of sp³-hybridized carbons (Fsp3) is 0.727. The predicted octanol–water partition coefficient (Wildman–Crippen LogP) is 1.80. The molecule has 0 spiro atoms. The molecule has 0 bridgehead atoms. The maximum absolute atomic E-state index is 12.4. The first-order valence-corrected chi connectivity index (χ1v) is 10.1. The molecule has 4 aliphatic carbocycles. The second-order valence-corrected chi connectivity index (χ2v) is 9.72. The molecular formula is C22H30O5. The summed E-state index contributed by atoms with van der Waals surface area (Å²) in [4.78, 5) is 24.4. The van der Waals surface area contributed by atoms with Gasteiger partial charge in [0.1, 0.15) is 12.2 Å². The number of aliphatic hydroxyl groups excluding tert-OH is 2. The molecule has 0 amide bonds. The van der Waals surface area contributed by atoms with Crippen molar-refractivity contribution in [3.63, 3.8) is 0 Å².